The quantitative estimate of drug-likeness (QED) is 0.374. The first-order chi connectivity index (χ1) is 9.18. The van der Waals surface area contributed by atoms with Gasteiger partial charge in [-0.05, 0) is 27.7 Å². The van der Waals surface area contributed by atoms with Crippen molar-refractivity contribution in [3.8, 4) is 0 Å². The summed E-state index contributed by atoms with van der Waals surface area (Å²) in [6.07, 6.45) is -4.44. The topological polar surface area (TPSA) is 116 Å². The fraction of sp³-hybridized carbons (Fsp3) is 0.667. The molecule has 114 valence electrons. The van der Waals surface area contributed by atoms with Crippen molar-refractivity contribution in [3.63, 3.8) is 0 Å². The maximum Gasteiger partial charge on any atom is 0.347 e. The third-order valence-corrected chi connectivity index (χ3v) is 2.08. The largest absolute Gasteiger partial charge is 0.452 e. The molecule has 20 heavy (non-hydrogen) atoms. The summed E-state index contributed by atoms with van der Waals surface area (Å²) in [7, 11) is 0. The van der Waals surface area contributed by atoms with Gasteiger partial charge < -0.3 is 19.3 Å². The molecular formula is C12H18O8. The lowest BCUT2D eigenvalue weighted by Gasteiger charge is -2.17. The van der Waals surface area contributed by atoms with E-state index in [0.29, 0.717) is 6.29 Å². The highest BCUT2D eigenvalue weighted by molar-refractivity contribution is 5.84. The Morgan fingerprint density at radius 1 is 0.850 bits per heavy atom. The van der Waals surface area contributed by atoms with Gasteiger partial charge in [-0.25, -0.2) is 14.4 Å². The smallest absolute Gasteiger partial charge is 0.347 e. The number of ether oxygens (including phenoxy) is 3. The fourth-order valence-electron chi connectivity index (χ4n) is 0.946. The lowest BCUT2D eigenvalue weighted by Crippen LogP contribution is -2.35. The maximum atomic E-state index is 11.5. The van der Waals surface area contributed by atoms with Gasteiger partial charge in [0.05, 0.1) is 0 Å². The molecule has 0 saturated heterocycles. The highest BCUT2D eigenvalue weighted by Crippen LogP contribution is 2.04. The second-order valence-corrected chi connectivity index (χ2v) is 4.11. The molecule has 0 heterocycles. The van der Waals surface area contributed by atoms with Gasteiger partial charge in [0, 0.05) is 0 Å². The molecule has 4 unspecified atom stereocenters. The summed E-state index contributed by atoms with van der Waals surface area (Å²) in [5, 5.41) is 8.91. The number of carbonyl (C=O) groups excluding carboxylic acids is 4. The second kappa shape index (κ2) is 8.26. The molecule has 0 aromatic carbocycles. The summed E-state index contributed by atoms with van der Waals surface area (Å²) in [5.41, 5.74) is 0. The third-order valence-electron chi connectivity index (χ3n) is 2.08. The highest BCUT2D eigenvalue weighted by Gasteiger charge is 2.27. The minimum Gasteiger partial charge on any atom is -0.452 e. The van der Waals surface area contributed by atoms with E-state index in [1.54, 1.807) is 0 Å². The lowest BCUT2D eigenvalue weighted by atomic mass is 10.3. The highest BCUT2D eigenvalue weighted by atomic mass is 16.6. The molecule has 0 aromatic rings. The van der Waals surface area contributed by atoms with Crippen LogP contribution in [0.1, 0.15) is 27.7 Å². The molecule has 0 aliphatic rings. The first-order valence-electron chi connectivity index (χ1n) is 5.93. The van der Waals surface area contributed by atoms with E-state index in [2.05, 4.69) is 9.47 Å². The average molecular weight is 290 g/mol. The van der Waals surface area contributed by atoms with Gasteiger partial charge >= 0.3 is 17.9 Å². The van der Waals surface area contributed by atoms with Gasteiger partial charge in [-0.1, -0.05) is 0 Å². The molecule has 0 aliphatic carbocycles. The zero-order chi connectivity index (χ0) is 15.9. The van der Waals surface area contributed by atoms with Crippen LogP contribution in [0.2, 0.25) is 0 Å². The second-order valence-electron chi connectivity index (χ2n) is 4.11. The Balaban J connectivity index is 4.34. The predicted molar refractivity (Wildman–Crippen MR) is 64.4 cm³/mol. The van der Waals surface area contributed by atoms with Crippen LogP contribution in [0, 0.1) is 0 Å². The van der Waals surface area contributed by atoms with Crippen LogP contribution < -0.4 is 0 Å². The number of rotatable bonds is 7. The van der Waals surface area contributed by atoms with Crippen molar-refractivity contribution in [1.82, 2.24) is 0 Å². The van der Waals surface area contributed by atoms with Crippen LogP contribution in [0.4, 0.5) is 0 Å². The molecule has 0 aliphatic heterocycles. The molecule has 0 spiro atoms. The van der Waals surface area contributed by atoms with Gasteiger partial charge in [0.1, 0.15) is 6.10 Å². The van der Waals surface area contributed by atoms with E-state index >= 15 is 0 Å². The Morgan fingerprint density at radius 3 is 1.65 bits per heavy atom. The first-order valence-corrected chi connectivity index (χ1v) is 5.93. The van der Waals surface area contributed by atoms with E-state index in [4.69, 9.17) is 9.84 Å². The summed E-state index contributed by atoms with van der Waals surface area (Å²) < 4.78 is 13.9. The molecule has 8 nitrogen and oxygen atoms in total. The lowest BCUT2D eigenvalue weighted by molar-refractivity contribution is -0.180. The van der Waals surface area contributed by atoms with Crippen molar-refractivity contribution in [2.45, 2.75) is 52.1 Å². The van der Waals surface area contributed by atoms with Crippen molar-refractivity contribution >= 4 is 24.2 Å². The number of aliphatic hydroxyl groups excluding tert-OH is 1. The zero-order valence-corrected chi connectivity index (χ0v) is 11.7. The molecular weight excluding hydrogens is 272 g/mol. The molecule has 0 rings (SSSR count). The van der Waals surface area contributed by atoms with Crippen LogP contribution in [0.15, 0.2) is 0 Å². The summed E-state index contributed by atoms with van der Waals surface area (Å²) in [4.78, 5) is 44.3. The normalized spacial score (nSPS) is 16.2. The van der Waals surface area contributed by atoms with Crippen molar-refractivity contribution in [1.29, 1.82) is 0 Å². The van der Waals surface area contributed by atoms with Gasteiger partial charge in [-0.2, -0.15) is 0 Å². The van der Waals surface area contributed by atoms with E-state index < -0.39 is 42.3 Å². The minimum absolute atomic E-state index is 0.416. The Morgan fingerprint density at radius 2 is 1.25 bits per heavy atom. The van der Waals surface area contributed by atoms with Crippen molar-refractivity contribution < 1.29 is 38.5 Å². The van der Waals surface area contributed by atoms with Crippen molar-refractivity contribution in [3.05, 3.63) is 0 Å². The van der Waals surface area contributed by atoms with Gasteiger partial charge in [-0.3, -0.25) is 4.79 Å². The Kier molecular flexibility index (Phi) is 7.45. The summed E-state index contributed by atoms with van der Waals surface area (Å²) >= 11 is 0. The van der Waals surface area contributed by atoms with Gasteiger partial charge in [0.2, 0.25) is 0 Å². The van der Waals surface area contributed by atoms with Crippen molar-refractivity contribution in [2.75, 3.05) is 0 Å². The molecule has 1 N–H and O–H groups in total. The van der Waals surface area contributed by atoms with E-state index in [9.17, 15) is 19.2 Å². The van der Waals surface area contributed by atoms with Crippen LogP contribution >= 0.6 is 0 Å². The summed E-state index contributed by atoms with van der Waals surface area (Å²) in [5.74, 6) is -2.85. The Labute approximate surface area is 116 Å². The van der Waals surface area contributed by atoms with Gasteiger partial charge in [-0.15, -0.1) is 0 Å². The summed E-state index contributed by atoms with van der Waals surface area (Å²) in [6.45, 7) is 5.02. The molecule has 4 atom stereocenters. The van der Waals surface area contributed by atoms with Gasteiger partial charge in [0.15, 0.2) is 24.6 Å². The third kappa shape index (κ3) is 6.28. The average Bonchev–Trinajstić information content (AvgIpc) is 2.37. The molecule has 8 heteroatoms. The number of esters is 3. The predicted octanol–water partition coefficient (Wildman–Crippen LogP) is -0.639. The molecule has 0 radical (unpaired) electrons. The van der Waals surface area contributed by atoms with E-state index in [0.717, 1.165) is 0 Å². The first kappa shape index (κ1) is 18.0. The van der Waals surface area contributed by atoms with E-state index in [-0.39, 0.29) is 0 Å². The Hall–Kier alpha value is -1.96. The van der Waals surface area contributed by atoms with Crippen LogP contribution in [-0.2, 0) is 33.4 Å². The molecule has 0 amide bonds. The van der Waals surface area contributed by atoms with E-state index in [1.807, 2.05) is 0 Å². The fourth-order valence-corrected chi connectivity index (χ4v) is 0.946. The van der Waals surface area contributed by atoms with Crippen LogP contribution in [0.25, 0.3) is 0 Å². The molecule has 0 saturated carbocycles. The number of hydrogen-bond donors (Lipinski definition) is 1. The number of aliphatic hydroxyl groups is 1. The molecule has 0 fully saturated rings. The molecule has 0 aromatic heterocycles. The standard InChI is InChI=1S/C12H18O8/c1-6(5-13)18-11(16)8(3)20-12(17)9(4)19-10(15)7(2)14/h5-9,14H,1-4H3. The minimum atomic E-state index is -1.37. The number of carbonyl (C=O) groups is 4. The molecule has 0 bridgehead atoms. The summed E-state index contributed by atoms with van der Waals surface area (Å²) in [6, 6.07) is 0. The maximum absolute atomic E-state index is 11.5. The monoisotopic (exact) mass is 290 g/mol. The Bertz CT molecular complexity index is 376. The van der Waals surface area contributed by atoms with Crippen LogP contribution in [0.3, 0.4) is 0 Å². The SMILES string of the molecule is CC(C=O)OC(=O)C(C)OC(=O)C(C)OC(=O)C(C)O. The van der Waals surface area contributed by atoms with Crippen molar-refractivity contribution in [2.24, 2.45) is 0 Å². The number of hydrogen-bond acceptors (Lipinski definition) is 8. The van der Waals surface area contributed by atoms with Crippen LogP contribution in [0.5, 0.6) is 0 Å². The van der Waals surface area contributed by atoms with Gasteiger partial charge in [0.25, 0.3) is 0 Å². The van der Waals surface area contributed by atoms with E-state index in [1.165, 1.54) is 27.7 Å². The zero-order valence-electron chi connectivity index (χ0n) is 11.7. The van der Waals surface area contributed by atoms with Crippen LogP contribution in [-0.4, -0.2) is 53.7 Å². The number of aldehydes is 1.